The van der Waals surface area contributed by atoms with E-state index in [0.29, 0.717) is 30.2 Å². The van der Waals surface area contributed by atoms with Crippen molar-refractivity contribution < 1.29 is 13.6 Å². The summed E-state index contributed by atoms with van der Waals surface area (Å²) in [6.45, 7) is 0.587. The molecule has 0 N–H and O–H groups in total. The number of hydrogen-bond acceptors (Lipinski definition) is 4. The maximum absolute atomic E-state index is 12.8. The number of carbonyl (C=O) groups is 1. The van der Waals surface area contributed by atoms with Crippen LogP contribution in [-0.2, 0) is 20.1 Å². The van der Waals surface area contributed by atoms with E-state index in [2.05, 4.69) is 0 Å². The SMILES string of the molecule is Cn1ccc(C(=O)N(Cc2ccco2)Cc2ccco2)cc1=O. The Morgan fingerprint density at radius 2 is 1.70 bits per heavy atom. The van der Waals surface area contributed by atoms with Gasteiger partial charge in [-0.25, -0.2) is 0 Å². The highest BCUT2D eigenvalue weighted by atomic mass is 16.3. The number of aromatic nitrogens is 1. The predicted octanol–water partition coefficient (Wildman–Crippen LogP) is 2.41. The first kappa shape index (κ1) is 14.9. The standard InChI is InChI=1S/C17H16N2O4/c1-18-7-6-13(10-16(18)20)17(21)19(11-14-4-2-8-22-14)12-15-5-3-9-23-15/h2-10H,11-12H2,1H3. The molecule has 0 aromatic carbocycles. The Kier molecular flexibility index (Phi) is 4.14. The Morgan fingerprint density at radius 3 is 2.17 bits per heavy atom. The largest absolute Gasteiger partial charge is 0.467 e. The predicted molar refractivity (Wildman–Crippen MR) is 82.7 cm³/mol. The molecule has 0 atom stereocenters. The normalized spacial score (nSPS) is 10.7. The summed E-state index contributed by atoms with van der Waals surface area (Å²) in [6, 6.07) is 10.1. The van der Waals surface area contributed by atoms with Crippen LogP contribution in [0.2, 0.25) is 0 Å². The van der Waals surface area contributed by atoms with Gasteiger partial charge in [-0.2, -0.15) is 0 Å². The molecule has 118 valence electrons. The van der Waals surface area contributed by atoms with E-state index in [1.165, 1.54) is 10.6 Å². The van der Waals surface area contributed by atoms with Crippen molar-refractivity contribution in [2.45, 2.75) is 13.1 Å². The zero-order valence-corrected chi connectivity index (χ0v) is 12.6. The van der Waals surface area contributed by atoms with E-state index >= 15 is 0 Å². The zero-order chi connectivity index (χ0) is 16.2. The average molecular weight is 312 g/mol. The topological polar surface area (TPSA) is 68.6 Å². The van der Waals surface area contributed by atoms with E-state index in [1.807, 2.05) is 0 Å². The summed E-state index contributed by atoms with van der Waals surface area (Å²) in [7, 11) is 1.64. The molecule has 0 saturated carbocycles. The lowest BCUT2D eigenvalue weighted by Gasteiger charge is -2.20. The van der Waals surface area contributed by atoms with Gasteiger partial charge in [-0.1, -0.05) is 0 Å². The van der Waals surface area contributed by atoms with Crippen molar-refractivity contribution in [3.05, 3.63) is 82.6 Å². The monoisotopic (exact) mass is 312 g/mol. The second kappa shape index (κ2) is 6.39. The van der Waals surface area contributed by atoms with E-state index in [4.69, 9.17) is 8.83 Å². The van der Waals surface area contributed by atoms with Gasteiger partial charge in [0, 0.05) is 24.9 Å². The summed E-state index contributed by atoms with van der Waals surface area (Å²) in [4.78, 5) is 26.1. The van der Waals surface area contributed by atoms with E-state index < -0.39 is 0 Å². The number of nitrogens with zero attached hydrogens (tertiary/aromatic N) is 2. The maximum atomic E-state index is 12.8. The molecule has 3 heterocycles. The van der Waals surface area contributed by atoms with Crippen molar-refractivity contribution >= 4 is 5.91 Å². The van der Waals surface area contributed by atoms with Gasteiger partial charge >= 0.3 is 0 Å². The second-order valence-electron chi connectivity index (χ2n) is 5.18. The van der Waals surface area contributed by atoms with Crippen molar-refractivity contribution in [2.24, 2.45) is 7.05 Å². The summed E-state index contributed by atoms with van der Waals surface area (Å²) >= 11 is 0. The lowest BCUT2D eigenvalue weighted by Crippen LogP contribution is -2.31. The molecule has 0 radical (unpaired) electrons. The van der Waals surface area contributed by atoms with Crippen LogP contribution in [0.1, 0.15) is 21.9 Å². The first-order chi connectivity index (χ1) is 11.1. The molecule has 23 heavy (non-hydrogen) atoms. The number of rotatable bonds is 5. The molecule has 0 unspecified atom stereocenters. The average Bonchev–Trinajstić information content (AvgIpc) is 3.22. The minimum absolute atomic E-state index is 0.230. The van der Waals surface area contributed by atoms with Crippen LogP contribution in [-0.4, -0.2) is 15.4 Å². The van der Waals surface area contributed by atoms with Gasteiger partial charge < -0.3 is 18.3 Å². The van der Waals surface area contributed by atoms with Crippen molar-refractivity contribution in [3.63, 3.8) is 0 Å². The fourth-order valence-corrected chi connectivity index (χ4v) is 2.24. The number of furan rings is 2. The highest BCUT2D eigenvalue weighted by molar-refractivity contribution is 5.93. The smallest absolute Gasteiger partial charge is 0.254 e. The number of carbonyl (C=O) groups excluding carboxylic acids is 1. The molecule has 0 aliphatic carbocycles. The van der Waals surface area contributed by atoms with Gasteiger partial charge in [-0.05, 0) is 30.3 Å². The molecule has 3 rings (SSSR count). The summed E-state index contributed by atoms with van der Waals surface area (Å²) < 4.78 is 12.1. The van der Waals surface area contributed by atoms with Gasteiger partial charge in [-0.3, -0.25) is 9.59 Å². The van der Waals surface area contributed by atoms with Crippen molar-refractivity contribution in [1.29, 1.82) is 0 Å². The molecule has 0 aliphatic heterocycles. The highest BCUT2D eigenvalue weighted by Crippen LogP contribution is 2.14. The number of pyridine rings is 1. The Bertz CT molecular complexity index is 796. The van der Waals surface area contributed by atoms with Crippen LogP contribution in [0.25, 0.3) is 0 Å². The summed E-state index contributed by atoms with van der Waals surface area (Å²) in [5, 5.41) is 0. The quantitative estimate of drug-likeness (QED) is 0.725. The summed E-state index contributed by atoms with van der Waals surface area (Å²) in [6.07, 6.45) is 4.69. The summed E-state index contributed by atoms with van der Waals surface area (Å²) in [5.74, 6) is 1.07. The molecule has 3 aromatic heterocycles. The van der Waals surface area contributed by atoms with E-state index in [0.717, 1.165) is 0 Å². The van der Waals surface area contributed by atoms with Crippen molar-refractivity contribution in [3.8, 4) is 0 Å². The van der Waals surface area contributed by atoms with E-state index in [-0.39, 0.29) is 11.5 Å². The van der Waals surface area contributed by atoms with Crippen LogP contribution in [0.15, 0.2) is 68.8 Å². The molecule has 0 bridgehead atoms. The molecule has 3 aromatic rings. The lowest BCUT2D eigenvalue weighted by molar-refractivity contribution is 0.0704. The molecular formula is C17H16N2O4. The van der Waals surface area contributed by atoms with Gasteiger partial charge in [0.15, 0.2) is 0 Å². The van der Waals surface area contributed by atoms with Gasteiger partial charge in [0.05, 0.1) is 25.6 Å². The third kappa shape index (κ3) is 3.42. The summed E-state index contributed by atoms with van der Waals surface area (Å²) in [5.41, 5.74) is 0.109. The fourth-order valence-electron chi connectivity index (χ4n) is 2.24. The molecular weight excluding hydrogens is 296 g/mol. The molecule has 0 fully saturated rings. The lowest BCUT2D eigenvalue weighted by atomic mass is 10.2. The molecule has 6 nitrogen and oxygen atoms in total. The van der Waals surface area contributed by atoms with E-state index in [9.17, 15) is 9.59 Å². The minimum Gasteiger partial charge on any atom is -0.467 e. The minimum atomic E-state index is -0.254. The Balaban J connectivity index is 1.87. The van der Waals surface area contributed by atoms with E-state index in [1.54, 1.807) is 61.0 Å². The Morgan fingerprint density at radius 1 is 1.09 bits per heavy atom. The highest BCUT2D eigenvalue weighted by Gasteiger charge is 2.19. The van der Waals surface area contributed by atoms with Gasteiger partial charge in [0.25, 0.3) is 11.5 Å². The van der Waals surface area contributed by atoms with Gasteiger partial charge in [0.2, 0.25) is 0 Å². The molecule has 6 heteroatoms. The third-order valence-electron chi connectivity index (χ3n) is 3.49. The van der Waals surface area contributed by atoms with Crippen LogP contribution >= 0.6 is 0 Å². The number of aryl methyl sites for hydroxylation is 1. The van der Waals surface area contributed by atoms with Gasteiger partial charge in [0.1, 0.15) is 11.5 Å². The van der Waals surface area contributed by atoms with Crippen LogP contribution in [0.4, 0.5) is 0 Å². The third-order valence-corrected chi connectivity index (χ3v) is 3.49. The number of hydrogen-bond donors (Lipinski definition) is 0. The fraction of sp³-hybridized carbons (Fsp3) is 0.176. The maximum Gasteiger partial charge on any atom is 0.254 e. The zero-order valence-electron chi connectivity index (χ0n) is 12.6. The molecule has 0 aliphatic rings. The number of amides is 1. The molecule has 0 spiro atoms. The molecule has 1 amide bonds. The Labute approximate surface area is 132 Å². The van der Waals surface area contributed by atoms with Crippen LogP contribution in [0.3, 0.4) is 0 Å². The van der Waals surface area contributed by atoms with Crippen LogP contribution in [0, 0.1) is 0 Å². The first-order valence-electron chi connectivity index (χ1n) is 7.14. The van der Waals surface area contributed by atoms with Crippen molar-refractivity contribution in [1.82, 2.24) is 9.47 Å². The second-order valence-corrected chi connectivity index (χ2v) is 5.18. The first-order valence-corrected chi connectivity index (χ1v) is 7.14. The Hall–Kier alpha value is -3.02. The molecule has 0 saturated heterocycles. The van der Waals surface area contributed by atoms with Crippen molar-refractivity contribution in [2.75, 3.05) is 0 Å². The van der Waals surface area contributed by atoms with Crippen LogP contribution < -0.4 is 5.56 Å². The van der Waals surface area contributed by atoms with Crippen LogP contribution in [0.5, 0.6) is 0 Å². The van der Waals surface area contributed by atoms with Gasteiger partial charge in [-0.15, -0.1) is 0 Å².